The van der Waals surface area contributed by atoms with Gasteiger partial charge in [0.2, 0.25) is 0 Å². The number of nitrogens with one attached hydrogen (secondary N) is 1. The molecule has 5 nitrogen and oxygen atoms in total. The first-order chi connectivity index (χ1) is 12.7. The number of pyridine rings is 1. The molecule has 1 aliphatic carbocycles. The fraction of sp³-hybridized carbons (Fsp3) is 0.250. The van der Waals surface area contributed by atoms with E-state index >= 15 is 0 Å². The van der Waals surface area contributed by atoms with Crippen LogP contribution < -0.4 is 5.32 Å². The van der Waals surface area contributed by atoms with Crippen molar-refractivity contribution in [1.29, 1.82) is 0 Å². The lowest BCUT2D eigenvalue weighted by Gasteiger charge is -2.15. The fourth-order valence-electron chi connectivity index (χ4n) is 3.21. The number of halogens is 1. The quantitative estimate of drug-likeness (QED) is 0.724. The summed E-state index contributed by atoms with van der Waals surface area (Å²) >= 11 is 6.01. The van der Waals surface area contributed by atoms with Gasteiger partial charge in [0.1, 0.15) is 5.82 Å². The molecule has 0 radical (unpaired) electrons. The van der Waals surface area contributed by atoms with E-state index in [4.69, 9.17) is 16.6 Å². The first kappa shape index (κ1) is 16.9. The number of aliphatic hydroxyl groups is 1. The molecule has 2 atom stereocenters. The van der Waals surface area contributed by atoms with Crippen LogP contribution in [0, 0.1) is 0 Å². The molecule has 0 saturated heterocycles. The summed E-state index contributed by atoms with van der Waals surface area (Å²) in [5, 5.41) is 13.9. The maximum Gasteiger partial charge on any atom is 0.163 e. The van der Waals surface area contributed by atoms with Crippen LogP contribution in [-0.4, -0.2) is 32.2 Å². The Kier molecular flexibility index (Phi) is 4.82. The minimum Gasteiger partial charge on any atom is -0.393 e. The molecule has 1 saturated carbocycles. The van der Waals surface area contributed by atoms with Crippen molar-refractivity contribution >= 4 is 17.4 Å². The molecule has 2 heterocycles. The molecule has 1 aromatic carbocycles. The van der Waals surface area contributed by atoms with E-state index in [0.717, 1.165) is 41.9 Å². The number of aliphatic hydroxyl groups excluding tert-OH is 1. The molecule has 1 aliphatic rings. The van der Waals surface area contributed by atoms with E-state index in [1.807, 2.05) is 42.5 Å². The van der Waals surface area contributed by atoms with Gasteiger partial charge in [-0.05, 0) is 43.5 Å². The lowest BCUT2D eigenvalue weighted by atomic mass is 10.1. The van der Waals surface area contributed by atoms with Crippen molar-refractivity contribution in [1.82, 2.24) is 15.0 Å². The highest BCUT2D eigenvalue weighted by Crippen LogP contribution is 2.27. The van der Waals surface area contributed by atoms with E-state index in [1.165, 1.54) is 0 Å². The van der Waals surface area contributed by atoms with Gasteiger partial charge in [0.15, 0.2) is 5.82 Å². The zero-order chi connectivity index (χ0) is 17.9. The summed E-state index contributed by atoms with van der Waals surface area (Å²) in [7, 11) is 0. The Morgan fingerprint density at radius 1 is 1.04 bits per heavy atom. The van der Waals surface area contributed by atoms with Gasteiger partial charge in [-0.25, -0.2) is 9.97 Å². The van der Waals surface area contributed by atoms with Crippen LogP contribution in [0.15, 0.2) is 54.9 Å². The minimum atomic E-state index is -0.233. The number of hydrogen-bond donors (Lipinski definition) is 2. The van der Waals surface area contributed by atoms with Crippen LogP contribution in [0.5, 0.6) is 0 Å². The van der Waals surface area contributed by atoms with Gasteiger partial charge >= 0.3 is 0 Å². The first-order valence-electron chi connectivity index (χ1n) is 8.67. The van der Waals surface area contributed by atoms with Crippen molar-refractivity contribution in [2.24, 2.45) is 0 Å². The Morgan fingerprint density at radius 2 is 1.88 bits per heavy atom. The van der Waals surface area contributed by atoms with Crippen molar-refractivity contribution < 1.29 is 5.11 Å². The lowest BCUT2D eigenvalue weighted by molar-refractivity contribution is 0.182. The van der Waals surface area contributed by atoms with Gasteiger partial charge in [0, 0.05) is 40.7 Å². The second-order valence-electron chi connectivity index (χ2n) is 6.52. The number of hydrogen-bond acceptors (Lipinski definition) is 5. The minimum absolute atomic E-state index is 0.222. The Hall–Kier alpha value is -2.50. The molecule has 6 heteroatoms. The van der Waals surface area contributed by atoms with Crippen molar-refractivity contribution in [2.75, 3.05) is 5.32 Å². The fourth-order valence-corrected chi connectivity index (χ4v) is 3.34. The monoisotopic (exact) mass is 366 g/mol. The third-order valence-corrected chi connectivity index (χ3v) is 4.79. The molecular weight excluding hydrogens is 348 g/mol. The third kappa shape index (κ3) is 3.84. The predicted octanol–water partition coefficient (Wildman–Crippen LogP) is 4.18. The number of rotatable bonds is 4. The third-order valence-electron chi connectivity index (χ3n) is 4.54. The van der Waals surface area contributed by atoms with E-state index in [1.54, 1.807) is 12.4 Å². The second-order valence-corrected chi connectivity index (χ2v) is 6.96. The summed E-state index contributed by atoms with van der Waals surface area (Å²) in [5.41, 5.74) is 2.64. The summed E-state index contributed by atoms with van der Waals surface area (Å²) in [4.78, 5) is 13.5. The van der Waals surface area contributed by atoms with E-state index < -0.39 is 0 Å². The normalized spacial score (nSPS) is 19.5. The van der Waals surface area contributed by atoms with E-state index in [9.17, 15) is 5.11 Å². The highest BCUT2D eigenvalue weighted by Gasteiger charge is 2.23. The zero-order valence-corrected chi connectivity index (χ0v) is 14.9. The zero-order valence-electron chi connectivity index (χ0n) is 14.1. The van der Waals surface area contributed by atoms with Crippen LogP contribution >= 0.6 is 11.6 Å². The van der Waals surface area contributed by atoms with Crippen LogP contribution in [0.4, 0.5) is 5.82 Å². The van der Waals surface area contributed by atoms with E-state index in [0.29, 0.717) is 10.8 Å². The summed E-state index contributed by atoms with van der Waals surface area (Å²) in [5.74, 6) is 1.37. The van der Waals surface area contributed by atoms with Gasteiger partial charge in [0.25, 0.3) is 0 Å². The van der Waals surface area contributed by atoms with Crippen LogP contribution in [0.25, 0.3) is 22.6 Å². The molecule has 1 fully saturated rings. The molecule has 0 spiro atoms. The van der Waals surface area contributed by atoms with Crippen molar-refractivity contribution in [3.63, 3.8) is 0 Å². The van der Waals surface area contributed by atoms with Crippen molar-refractivity contribution in [2.45, 2.75) is 31.4 Å². The predicted molar refractivity (Wildman–Crippen MR) is 103 cm³/mol. The second kappa shape index (κ2) is 7.40. The Bertz CT molecular complexity index is 886. The molecule has 0 aliphatic heterocycles. The van der Waals surface area contributed by atoms with Gasteiger partial charge in [-0.3, -0.25) is 4.98 Å². The topological polar surface area (TPSA) is 70.9 Å². The van der Waals surface area contributed by atoms with Crippen LogP contribution in [0.3, 0.4) is 0 Å². The molecular formula is C20H19ClN4O. The molecule has 0 unspecified atom stereocenters. The molecule has 2 aromatic heterocycles. The SMILES string of the molecule is O[C@@H]1CC[C@H](Nc2cc(-c3ccc(Cl)cc3)nc(-c3cccnc3)n2)C1. The summed E-state index contributed by atoms with van der Waals surface area (Å²) < 4.78 is 0. The van der Waals surface area contributed by atoms with E-state index in [2.05, 4.69) is 15.3 Å². The van der Waals surface area contributed by atoms with Crippen LogP contribution in [0.2, 0.25) is 5.02 Å². The standard InChI is InChI=1S/C20H19ClN4O/c21-15-5-3-13(4-6-15)18-11-19(23-16-7-8-17(26)10-16)25-20(24-18)14-2-1-9-22-12-14/h1-6,9,11-12,16-17,26H,7-8,10H2,(H,23,24,25)/t16-,17+/m0/s1. The molecule has 4 rings (SSSR count). The maximum atomic E-state index is 9.78. The maximum absolute atomic E-state index is 9.78. The number of anilines is 1. The van der Waals surface area contributed by atoms with Gasteiger partial charge in [-0.1, -0.05) is 23.7 Å². The number of aromatic nitrogens is 3. The van der Waals surface area contributed by atoms with E-state index in [-0.39, 0.29) is 12.1 Å². The van der Waals surface area contributed by atoms with Crippen molar-refractivity contribution in [3.05, 3.63) is 59.9 Å². The Morgan fingerprint density at radius 3 is 2.58 bits per heavy atom. The average Bonchev–Trinajstić information content (AvgIpc) is 3.07. The molecule has 132 valence electrons. The van der Waals surface area contributed by atoms with Gasteiger partial charge in [0.05, 0.1) is 11.8 Å². The van der Waals surface area contributed by atoms with Crippen molar-refractivity contribution in [3.8, 4) is 22.6 Å². The van der Waals surface area contributed by atoms with Gasteiger partial charge < -0.3 is 10.4 Å². The van der Waals surface area contributed by atoms with Crippen LogP contribution in [0.1, 0.15) is 19.3 Å². The Balaban J connectivity index is 1.73. The number of benzene rings is 1. The smallest absolute Gasteiger partial charge is 0.163 e. The highest BCUT2D eigenvalue weighted by atomic mass is 35.5. The Labute approximate surface area is 157 Å². The summed E-state index contributed by atoms with van der Waals surface area (Å²) in [6.45, 7) is 0. The average molecular weight is 367 g/mol. The lowest BCUT2D eigenvalue weighted by Crippen LogP contribution is -2.17. The van der Waals surface area contributed by atoms with Gasteiger partial charge in [-0.15, -0.1) is 0 Å². The molecule has 0 bridgehead atoms. The molecule has 26 heavy (non-hydrogen) atoms. The molecule has 0 amide bonds. The highest BCUT2D eigenvalue weighted by molar-refractivity contribution is 6.30. The first-order valence-corrected chi connectivity index (χ1v) is 9.05. The largest absolute Gasteiger partial charge is 0.393 e. The number of nitrogens with zero attached hydrogens (tertiary/aromatic N) is 3. The molecule has 3 aromatic rings. The molecule has 2 N–H and O–H groups in total. The summed E-state index contributed by atoms with van der Waals surface area (Å²) in [6.07, 6.45) is 5.74. The van der Waals surface area contributed by atoms with Gasteiger partial charge in [-0.2, -0.15) is 0 Å². The summed E-state index contributed by atoms with van der Waals surface area (Å²) in [6, 6.07) is 13.6. The van der Waals surface area contributed by atoms with Crippen LogP contribution in [-0.2, 0) is 0 Å².